The third kappa shape index (κ3) is 3.06. The van der Waals surface area contributed by atoms with E-state index in [-0.39, 0.29) is 23.0 Å². The number of para-hydroxylation sites is 1. The minimum atomic E-state index is -0.644. The molecule has 0 saturated heterocycles. The van der Waals surface area contributed by atoms with Crippen molar-refractivity contribution in [2.75, 3.05) is 0 Å². The number of nitrogens with two attached hydrogens (primary N) is 1. The van der Waals surface area contributed by atoms with E-state index in [0.717, 1.165) is 11.6 Å². The van der Waals surface area contributed by atoms with Crippen LogP contribution in [-0.2, 0) is 0 Å². The van der Waals surface area contributed by atoms with Gasteiger partial charge in [-0.1, -0.05) is 23.4 Å². The molecular weight excluding hydrogens is 276 g/mol. The maximum Gasteiger partial charge on any atom is 0.332 e. The summed E-state index contributed by atoms with van der Waals surface area (Å²) in [5, 5.41) is 22.5. The van der Waals surface area contributed by atoms with Gasteiger partial charge in [0.15, 0.2) is 5.84 Å². The smallest absolute Gasteiger partial charge is 0.332 e. The summed E-state index contributed by atoms with van der Waals surface area (Å²) in [5.74, 6) is 0.0291. The highest BCUT2D eigenvalue weighted by Gasteiger charge is 2.20. The van der Waals surface area contributed by atoms with Crippen molar-refractivity contribution in [2.24, 2.45) is 10.9 Å². The summed E-state index contributed by atoms with van der Waals surface area (Å²) in [7, 11) is 0. The number of pyridine rings is 1. The van der Waals surface area contributed by atoms with Crippen molar-refractivity contribution in [1.82, 2.24) is 4.98 Å². The number of rotatable bonds is 4. The van der Waals surface area contributed by atoms with Crippen molar-refractivity contribution < 1.29 is 14.9 Å². The van der Waals surface area contributed by atoms with Gasteiger partial charge >= 0.3 is 5.69 Å². The highest BCUT2D eigenvalue weighted by atomic mass is 16.6. The fourth-order valence-corrected chi connectivity index (χ4v) is 1.62. The molecule has 0 aliphatic heterocycles. The minimum Gasteiger partial charge on any atom is -0.433 e. The van der Waals surface area contributed by atoms with Crippen molar-refractivity contribution in [3.63, 3.8) is 0 Å². The highest BCUT2D eigenvalue weighted by Crippen LogP contribution is 2.31. The van der Waals surface area contributed by atoms with E-state index >= 15 is 0 Å². The van der Waals surface area contributed by atoms with Crippen molar-refractivity contribution in [3.8, 4) is 11.6 Å². The summed E-state index contributed by atoms with van der Waals surface area (Å²) in [5.41, 5.74) is 5.95. The zero-order valence-corrected chi connectivity index (χ0v) is 11.1. The van der Waals surface area contributed by atoms with Crippen LogP contribution in [0.4, 0.5) is 5.69 Å². The first kappa shape index (κ1) is 14.3. The van der Waals surface area contributed by atoms with Gasteiger partial charge in [0.05, 0.1) is 4.92 Å². The van der Waals surface area contributed by atoms with Crippen molar-refractivity contribution >= 4 is 11.5 Å². The number of benzene rings is 1. The number of hydrogen-bond acceptors (Lipinski definition) is 6. The lowest BCUT2D eigenvalue weighted by Gasteiger charge is -2.08. The monoisotopic (exact) mass is 288 g/mol. The first-order valence-electron chi connectivity index (χ1n) is 5.88. The van der Waals surface area contributed by atoms with E-state index in [4.69, 9.17) is 15.7 Å². The summed E-state index contributed by atoms with van der Waals surface area (Å²) < 4.78 is 5.47. The number of aromatic nitrogens is 1. The zero-order chi connectivity index (χ0) is 15.4. The molecule has 8 nitrogen and oxygen atoms in total. The predicted octanol–water partition coefficient (Wildman–Crippen LogP) is 2.19. The van der Waals surface area contributed by atoms with Crippen molar-refractivity contribution in [2.45, 2.75) is 6.92 Å². The van der Waals surface area contributed by atoms with Gasteiger partial charge in [-0.05, 0) is 18.6 Å². The van der Waals surface area contributed by atoms with Crippen LogP contribution in [-0.4, -0.2) is 21.0 Å². The van der Waals surface area contributed by atoms with Crippen LogP contribution in [0.5, 0.6) is 11.6 Å². The number of aryl methyl sites for hydroxylation is 1. The second-order valence-corrected chi connectivity index (χ2v) is 4.16. The average Bonchev–Trinajstić information content (AvgIpc) is 2.49. The van der Waals surface area contributed by atoms with Crippen molar-refractivity contribution in [3.05, 3.63) is 57.8 Å². The molecule has 0 atom stereocenters. The van der Waals surface area contributed by atoms with Gasteiger partial charge in [0.1, 0.15) is 5.75 Å². The largest absolute Gasteiger partial charge is 0.433 e. The number of hydrogen-bond donors (Lipinski definition) is 2. The van der Waals surface area contributed by atoms with Gasteiger partial charge in [-0.15, -0.1) is 0 Å². The van der Waals surface area contributed by atoms with E-state index in [2.05, 4.69) is 10.1 Å². The Morgan fingerprint density at radius 3 is 2.81 bits per heavy atom. The van der Waals surface area contributed by atoms with Crippen LogP contribution >= 0.6 is 0 Å². The molecule has 1 heterocycles. The molecule has 1 aromatic carbocycles. The Morgan fingerprint density at radius 2 is 2.19 bits per heavy atom. The summed E-state index contributed by atoms with van der Waals surface area (Å²) in [6.07, 6.45) is 1.23. The summed E-state index contributed by atoms with van der Waals surface area (Å²) in [6.45, 7) is 1.81. The Bertz CT molecular complexity index is 715. The topological polar surface area (TPSA) is 124 Å². The molecule has 8 heteroatoms. The van der Waals surface area contributed by atoms with Crippen LogP contribution in [0.15, 0.2) is 41.7 Å². The molecular formula is C13H12N4O4. The molecule has 0 amide bonds. The molecule has 2 rings (SSSR count). The second kappa shape index (κ2) is 5.87. The zero-order valence-electron chi connectivity index (χ0n) is 11.1. The van der Waals surface area contributed by atoms with E-state index in [1.807, 2.05) is 19.1 Å². The normalized spacial score (nSPS) is 11.2. The molecule has 0 fully saturated rings. The molecule has 21 heavy (non-hydrogen) atoms. The van der Waals surface area contributed by atoms with Crippen molar-refractivity contribution in [1.29, 1.82) is 0 Å². The molecule has 0 bridgehead atoms. The van der Waals surface area contributed by atoms with Gasteiger partial charge in [-0.25, -0.2) is 4.98 Å². The van der Waals surface area contributed by atoms with Gasteiger partial charge in [0, 0.05) is 17.8 Å². The maximum atomic E-state index is 11.1. The maximum absolute atomic E-state index is 11.1. The average molecular weight is 288 g/mol. The molecule has 0 aliphatic rings. The third-order valence-corrected chi connectivity index (χ3v) is 2.73. The first-order chi connectivity index (χ1) is 10.0. The standard InChI is InChI=1S/C13H12N4O4/c1-8-4-2-3-5-11(8)21-13-10(17(19)20)6-9(7-15-13)12(14)16-18/h2-7,18H,1H3,(H2,14,16). The third-order valence-electron chi connectivity index (χ3n) is 2.73. The number of nitrogens with zero attached hydrogens (tertiary/aromatic N) is 3. The van der Waals surface area contributed by atoms with Gasteiger partial charge in [0.2, 0.25) is 0 Å². The Hall–Kier alpha value is -3.16. The van der Waals surface area contributed by atoms with Crippen LogP contribution in [0.3, 0.4) is 0 Å². The summed E-state index contributed by atoms with van der Waals surface area (Å²) >= 11 is 0. The van der Waals surface area contributed by atoms with Crippen LogP contribution in [0, 0.1) is 17.0 Å². The van der Waals surface area contributed by atoms with Crippen LogP contribution < -0.4 is 10.5 Å². The van der Waals surface area contributed by atoms with E-state index in [0.29, 0.717) is 5.75 Å². The summed E-state index contributed by atoms with van der Waals surface area (Å²) in [4.78, 5) is 14.3. The fourth-order valence-electron chi connectivity index (χ4n) is 1.62. The molecule has 0 radical (unpaired) electrons. The summed E-state index contributed by atoms with van der Waals surface area (Å²) in [6, 6.07) is 8.20. The lowest BCUT2D eigenvalue weighted by molar-refractivity contribution is -0.386. The molecule has 0 unspecified atom stereocenters. The van der Waals surface area contributed by atoms with E-state index in [1.54, 1.807) is 12.1 Å². The molecule has 3 N–H and O–H groups in total. The number of ether oxygens (including phenoxy) is 1. The predicted molar refractivity (Wildman–Crippen MR) is 74.7 cm³/mol. The second-order valence-electron chi connectivity index (χ2n) is 4.16. The minimum absolute atomic E-state index is 0.126. The van der Waals surface area contributed by atoms with Gasteiger partial charge in [-0.2, -0.15) is 0 Å². The molecule has 2 aromatic rings. The quantitative estimate of drug-likeness (QED) is 0.292. The van der Waals surface area contributed by atoms with Crippen LogP contribution in [0.25, 0.3) is 0 Å². The number of oxime groups is 1. The van der Waals surface area contributed by atoms with Crippen LogP contribution in [0.2, 0.25) is 0 Å². The number of nitro groups is 1. The van der Waals surface area contributed by atoms with E-state index < -0.39 is 4.92 Å². The lowest BCUT2D eigenvalue weighted by Crippen LogP contribution is -2.14. The van der Waals surface area contributed by atoms with Gasteiger partial charge in [0.25, 0.3) is 5.88 Å². The van der Waals surface area contributed by atoms with Gasteiger partial charge < -0.3 is 15.7 Å². The Labute approximate surface area is 119 Å². The molecule has 0 aliphatic carbocycles. The Kier molecular flexibility index (Phi) is 3.98. The fraction of sp³-hybridized carbons (Fsp3) is 0.0769. The molecule has 0 spiro atoms. The van der Waals surface area contributed by atoms with E-state index in [1.165, 1.54) is 6.20 Å². The molecule has 108 valence electrons. The van der Waals surface area contributed by atoms with Crippen LogP contribution in [0.1, 0.15) is 11.1 Å². The van der Waals surface area contributed by atoms with Gasteiger partial charge in [-0.3, -0.25) is 10.1 Å². The lowest BCUT2D eigenvalue weighted by atomic mass is 10.2. The number of amidine groups is 1. The molecule has 0 saturated carbocycles. The first-order valence-corrected chi connectivity index (χ1v) is 5.88. The highest BCUT2D eigenvalue weighted by molar-refractivity contribution is 5.97. The Balaban J connectivity index is 2.44. The van der Waals surface area contributed by atoms with E-state index in [9.17, 15) is 10.1 Å². The Morgan fingerprint density at radius 1 is 1.48 bits per heavy atom. The SMILES string of the molecule is Cc1ccccc1Oc1ncc(/C(N)=N/O)cc1[N+](=O)[O-]. The molecule has 1 aromatic heterocycles.